The second-order valence-corrected chi connectivity index (χ2v) is 6.86. The molecular weight excluding hydrogens is 302 g/mol. The van der Waals surface area contributed by atoms with Crippen LogP contribution in [0, 0.1) is 6.92 Å². The summed E-state index contributed by atoms with van der Waals surface area (Å²) in [6.07, 6.45) is 3.45. The number of aryl methyl sites for hydroxylation is 1. The Morgan fingerprint density at radius 3 is 2.92 bits per heavy atom. The molecule has 5 nitrogen and oxygen atoms in total. The molecule has 1 N–H and O–H groups in total. The van der Waals surface area contributed by atoms with Crippen molar-refractivity contribution < 1.29 is 9.53 Å². The lowest BCUT2D eigenvalue weighted by molar-refractivity contribution is 0.0747. The van der Waals surface area contributed by atoms with Crippen molar-refractivity contribution in [2.75, 3.05) is 20.2 Å². The third-order valence-electron chi connectivity index (χ3n) is 5.26. The minimum absolute atomic E-state index is 0.104. The molecular formula is C19H23N3O2. The number of nitrogens with one attached hydrogen (secondary N) is 1. The summed E-state index contributed by atoms with van der Waals surface area (Å²) < 4.78 is 5.26. The predicted octanol–water partition coefficient (Wildman–Crippen LogP) is 2.52. The molecule has 2 aliphatic rings. The van der Waals surface area contributed by atoms with Gasteiger partial charge in [-0.15, -0.1) is 0 Å². The van der Waals surface area contributed by atoms with Gasteiger partial charge in [0, 0.05) is 36.6 Å². The number of benzene rings is 1. The summed E-state index contributed by atoms with van der Waals surface area (Å²) in [5.74, 6) is 0.884. The van der Waals surface area contributed by atoms with Gasteiger partial charge in [0.05, 0.1) is 23.9 Å². The smallest absolute Gasteiger partial charge is 0.255 e. The van der Waals surface area contributed by atoms with Gasteiger partial charge in [0.15, 0.2) is 0 Å². The normalized spacial score (nSPS) is 23.3. The molecule has 24 heavy (non-hydrogen) atoms. The number of aromatic nitrogens is 1. The van der Waals surface area contributed by atoms with E-state index >= 15 is 0 Å². The summed E-state index contributed by atoms with van der Waals surface area (Å²) in [7, 11) is 1.65. The van der Waals surface area contributed by atoms with Crippen molar-refractivity contribution in [3.63, 3.8) is 0 Å². The van der Waals surface area contributed by atoms with Crippen LogP contribution in [0.1, 0.15) is 35.3 Å². The maximum Gasteiger partial charge on any atom is 0.255 e. The van der Waals surface area contributed by atoms with Crippen LogP contribution in [0.2, 0.25) is 0 Å². The Balaban J connectivity index is 1.65. The molecule has 0 aliphatic carbocycles. The first kappa shape index (κ1) is 15.4. The Bertz CT molecular complexity index is 790. The van der Waals surface area contributed by atoms with E-state index in [1.807, 2.05) is 36.1 Å². The van der Waals surface area contributed by atoms with E-state index in [1.54, 1.807) is 7.11 Å². The third-order valence-corrected chi connectivity index (χ3v) is 5.26. The summed E-state index contributed by atoms with van der Waals surface area (Å²) in [6.45, 7) is 3.54. The molecule has 2 unspecified atom stereocenters. The van der Waals surface area contributed by atoms with E-state index in [9.17, 15) is 4.79 Å². The molecule has 2 saturated heterocycles. The third kappa shape index (κ3) is 2.73. The Labute approximate surface area is 142 Å². The van der Waals surface area contributed by atoms with Gasteiger partial charge >= 0.3 is 0 Å². The van der Waals surface area contributed by atoms with Gasteiger partial charge in [0.2, 0.25) is 0 Å². The highest BCUT2D eigenvalue weighted by atomic mass is 16.5. The van der Waals surface area contributed by atoms with Gasteiger partial charge in [-0.2, -0.15) is 0 Å². The fourth-order valence-electron chi connectivity index (χ4n) is 3.88. The van der Waals surface area contributed by atoms with Crippen LogP contribution in [0.4, 0.5) is 0 Å². The standard InChI is InChI=1S/C19H23N3O2/c1-12-17(9-13-3-6-16(24-2)10-18(13)20-12)19(23)22-8-7-14-4-5-15(11-22)21-14/h3,6,9-10,14-15,21H,4-5,7-8,11H2,1-2H3. The van der Waals surface area contributed by atoms with Crippen LogP contribution in [0.3, 0.4) is 0 Å². The Morgan fingerprint density at radius 2 is 2.08 bits per heavy atom. The largest absolute Gasteiger partial charge is 0.497 e. The summed E-state index contributed by atoms with van der Waals surface area (Å²) in [4.78, 5) is 19.7. The van der Waals surface area contributed by atoms with E-state index in [-0.39, 0.29) is 5.91 Å². The number of amides is 1. The van der Waals surface area contributed by atoms with Gasteiger partial charge in [-0.05, 0) is 44.4 Å². The Hall–Kier alpha value is -2.14. The zero-order valence-electron chi connectivity index (χ0n) is 14.2. The van der Waals surface area contributed by atoms with Crippen LogP contribution < -0.4 is 10.1 Å². The molecule has 0 saturated carbocycles. The highest BCUT2D eigenvalue weighted by molar-refractivity contribution is 5.98. The summed E-state index contributed by atoms with van der Waals surface area (Å²) in [6, 6.07) is 8.77. The molecule has 2 aromatic rings. The molecule has 1 amide bonds. The predicted molar refractivity (Wildman–Crippen MR) is 93.5 cm³/mol. The first-order chi connectivity index (χ1) is 11.6. The number of hydrogen-bond acceptors (Lipinski definition) is 4. The first-order valence-corrected chi connectivity index (χ1v) is 8.65. The summed E-state index contributed by atoms with van der Waals surface area (Å²) in [5, 5.41) is 4.59. The molecule has 1 aromatic heterocycles. The van der Waals surface area contributed by atoms with Crippen molar-refractivity contribution in [2.45, 2.75) is 38.3 Å². The maximum atomic E-state index is 13.0. The van der Waals surface area contributed by atoms with Crippen molar-refractivity contribution >= 4 is 16.8 Å². The van der Waals surface area contributed by atoms with Gasteiger partial charge < -0.3 is 15.0 Å². The van der Waals surface area contributed by atoms with E-state index < -0.39 is 0 Å². The molecule has 2 aliphatic heterocycles. The van der Waals surface area contributed by atoms with E-state index in [1.165, 1.54) is 12.8 Å². The van der Waals surface area contributed by atoms with Crippen molar-refractivity contribution in [3.8, 4) is 5.75 Å². The fraction of sp³-hybridized carbons (Fsp3) is 0.474. The monoisotopic (exact) mass is 325 g/mol. The number of fused-ring (bicyclic) bond motifs is 3. The quantitative estimate of drug-likeness (QED) is 0.922. The van der Waals surface area contributed by atoms with E-state index in [0.717, 1.165) is 41.9 Å². The number of carbonyl (C=O) groups excluding carboxylic acids is 1. The average molecular weight is 325 g/mol. The fourth-order valence-corrected chi connectivity index (χ4v) is 3.88. The number of methoxy groups -OCH3 is 1. The maximum absolute atomic E-state index is 13.0. The second-order valence-electron chi connectivity index (χ2n) is 6.86. The van der Waals surface area contributed by atoms with E-state index in [4.69, 9.17) is 4.74 Å². The van der Waals surface area contributed by atoms with E-state index in [0.29, 0.717) is 17.6 Å². The number of likely N-dealkylation sites (tertiary alicyclic amines) is 1. The number of rotatable bonds is 2. The van der Waals surface area contributed by atoms with E-state index in [2.05, 4.69) is 10.3 Å². The van der Waals surface area contributed by atoms with Crippen LogP contribution in [-0.4, -0.2) is 48.1 Å². The van der Waals surface area contributed by atoms with Crippen molar-refractivity contribution in [3.05, 3.63) is 35.5 Å². The molecule has 126 valence electrons. The number of pyridine rings is 1. The summed E-state index contributed by atoms with van der Waals surface area (Å²) in [5.41, 5.74) is 2.36. The zero-order chi connectivity index (χ0) is 16.7. The van der Waals surface area contributed by atoms with Gasteiger partial charge in [0.1, 0.15) is 5.75 Å². The van der Waals surface area contributed by atoms with Gasteiger partial charge in [0.25, 0.3) is 5.91 Å². The second kappa shape index (κ2) is 6.06. The summed E-state index contributed by atoms with van der Waals surface area (Å²) >= 11 is 0. The number of nitrogens with zero attached hydrogens (tertiary/aromatic N) is 2. The van der Waals surface area contributed by atoms with Gasteiger partial charge in [-0.25, -0.2) is 0 Å². The molecule has 2 fully saturated rings. The molecule has 5 heteroatoms. The lowest BCUT2D eigenvalue weighted by Crippen LogP contribution is -2.39. The number of hydrogen-bond donors (Lipinski definition) is 1. The minimum Gasteiger partial charge on any atom is -0.497 e. The topological polar surface area (TPSA) is 54.5 Å². The molecule has 2 atom stereocenters. The molecule has 4 rings (SSSR count). The van der Waals surface area contributed by atoms with Gasteiger partial charge in [-0.1, -0.05) is 0 Å². The Kier molecular flexibility index (Phi) is 3.88. The molecule has 2 bridgehead atoms. The molecule has 3 heterocycles. The number of carbonyl (C=O) groups is 1. The minimum atomic E-state index is 0.104. The number of ether oxygens (including phenoxy) is 1. The highest BCUT2D eigenvalue weighted by Crippen LogP contribution is 2.25. The zero-order valence-corrected chi connectivity index (χ0v) is 14.2. The molecule has 0 radical (unpaired) electrons. The van der Waals surface area contributed by atoms with Crippen molar-refractivity contribution in [2.24, 2.45) is 0 Å². The van der Waals surface area contributed by atoms with Crippen LogP contribution in [0.25, 0.3) is 10.9 Å². The average Bonchev–Trinajstić information content (AvgIpc) is 2.92. The molecule has 1 aromatic carbocycles. The van der Waals surface area contributed by atoms with Crippen LogP contribution >= 0.6 is 0 Å². The lowest BCUT2D eigenvalue weighted by Gasteiger charge is -2.25. The molecule has 0 spiro atoms. The van der Waals surface area contributed by atoms with Crippen molar-refractivity contribution in [1.82, 2.24) is 15.2 Å². The van der Waals surface area contributed by atoms with Crippen LogP contribution in [0.15, 0.2) is 24.3 Å². The van der Waals surface area contributed by atoms with Crippen LogP contribution in [-0.2, 0) is 0 Å². The highest BCUT2D eigenvalue weighted by Gasteiger charge is 2.32. The SMILES string of the molecule is COc1ccc2cc(C(=O)N3CCC4CCC(C3)N4)c(C)nc2c1. The van der Waals surface area contributed by atoms with Crippen LogP contribution in [0.5, 0.6) is 5.75 Å². The van der Waals surface area contributed by atoms with Gasteiger partial charge in [-0.3, -0.25) is 9.78 Å². The lowest BCUT2D eigenvalue weighted by atomic mass is 10.1. The first-order valence-electron chi connectivity index (χ1n) is 8.65. The Morgan fingerprint density at radius 1 is 1.25 bits per heavy atom. The van der Waals surface area contributed by atoms with Crippen molar-refractivity contribution in [1.29, 1.82) is 0 Å².